The first kappa shape index (κ1) is 25.3. The van der Waals surface area contributed by atoms with Gasteiger partial charge >= 0.3 is 6.18 Å². The van der Waals surface area contributed by atoms with Gasteiger partial charge in [0.1, 0.15) is 0 Å². The number of methoxy groups -OCH3 is 1. The lowest BCUT2D eigenvalue weighted by Gasteiger charge is -2.33. The van der Waals surface area contributed by atoms with E-state index in [1.54, 1.807) is 12.1 Å². The number of aryl methyl sites for hydroxylation is 1. The number of nitrogens with two attached hydrogens (primary N) is 1. The minimum absolute atomic E-state index is 0. The number of alkyl halides is 3. The van der Waals surface area contributed by atoms with E-state index in [0.717, 1.165) is 5.56 Å². The summed E-state index contributed by atoms with van der Waals surface area (Å²) < 4.78 is 46.6. The molecule has 27 heavy (non-hydrogen) atoms. The zero-order valence-electron chi connectivity index (χ0n) is 16.0. The third kappa shape index (κ3) is 8.26. The Morgan fingerprint density at radius 1 is 1.26 bits per heavy atom. The number of carbonyl (C=O) groups excluding carboxylic acids is 1. The first-order valence-corrected chi connectivity index (χ1v) is 8.38. The predicted octanol–water partition coefficient (Wildman–Crippen LogP) is 3.48. The number of amides is 1. The van der Waals surface area contributed by atoms with Gasteiger partial charge in [0.2, 0.25) is 5.91 Å². The minimum atomic E-state index is -4.42. The van der Waals surface area contributed by atoms with Crippen LogP contribution in [0.25, 0.3) is 0 Å². The van der Waals surface area contributed by atoms with Gasteiger partial charge in [0.15, 0.2) is 18.1 Å². The Kier molecular flexibility index (Phi) is 9.95. The Balaban J connectivity index is 0.00000676. The number of halogens is 4. The fourth-order valence-corrected chi connectivity index (χ4v) is 2.22. The quantitative estimate of drug-likeness (QED) is 0.651. The van der Waals surface area contributed by atoms with Crippen LogP contribution >= 0.6 is 12.4 Å². The summed E-state index contributed by atoms with van der Waals surface area (Å²) in [5.41, 5.74) is 6.03. The van der Waals surface area contributed by atoms with Gasteiger partial charge in [-0.1, -0.05) is 19.9 Å². The normalized spacial score (nSPS) is 13.5. The summed E-state index contributed by atoms with van der Waals surface area (Å²) in [6.45, 7) is 4.80. The Hall–Kier alpha value is -1.67. The van der Waals surface area contributed by atoms with E-state index in [1.165, 1.54) is 13.2 Å². The van der Waals surface area contributed by atoms with E-state index in [2.05, 4.69) is 5.32 Å². The predicted molar refractivity (Wildman–Crippen MR) is 101 cm³/mol. The lowest BCUT2D eigenvalue weighted by atomic mass is 9.88. The summed E-state index contributed by atoms with van der Waals surface area (Å²) >= 11 is 0. The molecule has 1 unspecified atom stereocenters. The third-order valence-electron chi connectivity index (χ3n) is 4.38. The molecule has 0 saturated carbocycles. The monoisotopic (exact) mass is 412 g/mol. The molecule has 1 amide bonds. The molecule has 0 heterocycles. The Labute approximate surface area is 164 Å². The molecule has 9 heteroatoms. The van der Waals surface area contributed by atoms with Crippen molar-refractivity contribution in [1.29, 1.82) is 0 Å². The number of rotatable bonds is 9. The highest BCUT2D eigenvalue weighted by Gasteiger charge is 2.29. The second-order valence-corrected chi connectivity index (χ2v) is 6.71. The maximum absolute atomic E-state index is 12.3. The molecule has 1 aromatic carbocycles. The van der Waals surface area contributed by atoms with Crippen LogP contribution in [0.1, 0.15) is 32.8 Å². The van der Waals surface area contributed by atoms with Crippen molar-refractivity contribution in [3.8, 4) is 11.5 Å². The average molecular weight is 413 g/mol. The minimum Gasteiger partial charge on any atom is -0.493 e. The number of nitrogens with one attached hydrogen (secondary N) is 1. The standard InChI is InChI=1S/C18H27F3N2O3.ClH/c1-12(2)17(3,10-22)23-16(24)8-6-13-5-7-14(15(9-13)25-4)26-11-18(19,20)21;/h5,7,9,12H,6,8,10-11,22H2,1-4H3,(H,23,24);1H. The van der Waals surface area contributed by atoms with Gasteiger partial charge in [0.25, 0.3) is 0 Å². The van der Waals surface area contributed by atoms with Crippen LogP contribution in [0, 0.1) is 5.92 Å². The third-order valence-corrected chi connectivity index (χ3v) is 4.38. The Morgan fingerprint density at radius 3 is 2.37 bits per heavy atom. The van der Waals surface area contributed by atoms with E-state index in [4.69, 9.17) is 15.2 Å². The van der Waals surface area contributed by atoms with Crippen molar-refractivity contribution in [2.75, 3.05) is 20.3 Å². The summed E-state index contributed by atoms with van der Waals surface area (Å²) in [7, 11) is 1.35. The highest BCUT2D eigenvalue weighted by Crippen LogP contribution is 2.30. The summed E-state index contributed by atoms with van der Waals surface area (Å²) in [5, 5.41) is 2.94. The molecule has 0 aliphatic heterocycles. The molecule has 0 fully saturated rings. The molecule has 1 aromatic rings. The van der Waals surface area contributed by atoms with Gasteiger partial charge in [-0.15, -0.1) is 12.4 Å². The first-order chi connectivity index (χ1) is 12.0. The number of ether oxygens (including phenoxy) is 2. The molecule has 0 aliphatic carbocycles. The molecule has 1 rings (SSSR count). The van der Waals surface area contributed by atoms with Gasteiger partial charge in [0, 0.05) is 13.0 Å². The van der Waals surface area contributed by atoms with Crippen LogP contribution in [-0.2, 0) is 11.2 Å². The zero-order chi connectivity index (χ0) is 20.0. The van der Waals surface area contributed by atoms with Crippen LogP contribution in [0.4, 0.5) is 13.2 Å². The SMILES string of the molecule is COc1cc(CCC(=O)NC(C)(CN)C(C)C)ccc1OCC(F)(F)F.Cl. The molecule has 0 saturated heterocycles. The van der Waals surface area contributed by atoms with Gasteiger partial charge in [0.05, 0.1) is 12.6 Å². The van der Waals surface area contributed by atoms with Crippen molar-refractivity contribution >= 4 is 18.3 Å². The summed E-state index contributed by atoms with van der Waals surface area (Å²) in [4.78, 5) is 12.2. The largest absolute Gasteiger partial charge is 0.493 e. The smallest absolute Gasteiger partial charge is 0.422 e. The van der Waals surface area contributed by atoms with Crippen molar-refractivity contribution in [3.63, 3.8) is 0 Å². The topological polar surface area (TPSA) is 73.6 Å². The van der Waals surface area contributed by atoms with Gasteiger partial charge in [-0.2, -0.15) is 13.2 Å². The molecular weight excluding hydrogens is 385 g/mol. The van der Waals surface area contributed by atoms with E-state index >= 15 is 0 Å². The number of benzene rings is 1. The number of hydrogen-bond donors (Lipinski definition) is 2. The molecular formula is C18H28ClF3N2O3. The number of carbonyl (C=O) groups is 1. The van der Waals surface area contributed by atoms with E-state index in [0.29, 0.717) is 13.0 Å². The molecule has 0 spiro atoms. The van der Waals surface area contributed by atoms with E-state index in [9.17, 15) is 18.0 Å². The van der Waals surface area contributed by atoms with E-state index in [1.807, 2.05) is 20.8 Å². The second-order valence-electron chi connectivity index (χ2n) is 6.71. The Bertz CT molecular complexity index is 612. The van der Waals surface area contributed by atoms with Crippen LogP contribution in [0.5, 0.6) is 11.5 Å². The Morgan fingerprint density at radius 2 is 1.89 bits per heavy atom. The van der Waals surface area contributed by atoms with Gasteiger partial charge < -0.3 is 20.5 Å². The number of hydrogen-bond acceptors (Lipinski definition) is 4. The first-order valence-electron chi connectivity index (χ1n) is 8.38. The summed E-state index contributed by atoms with van der Waals surface area (Å²) in [6, 6.07) is 4.60. The molecule has 156 valence electrons. The van der Waals surface area contributed by atoms with Gasteiger partial charge in [-0.05, 0) is 37.0 Å². The van der Waals surface area contributed by atoms with E-state index < -0.39 is 18.3 Å². The molecule has 3 N–H and O–H groups in total. The van der Waals surface area contributed by atoms with Gasteiger partial charge in [-0.3, -0.25) is 4.79 Å². The van der Waals surface area contributed by atoms with E-state index in [-0.39, 0.29) is 42.2 Å². The van der Waals surface area contributed by atoms with Crippen molar-refractivity contribution in [2.24, 2.45) is 11.7 Å². The van der Waals surface area contributed by atoms with Crippen LogP contribution in [0.2, 0.25) is 0 Å². The van der Waals surface area contributed by atoms with Crippen molar-refractivity contribution < 1.29 is 27.4 Å². The highest BCUT2D eigenvalue weighted by molar-refractivity contribution is 5.85. The maximum Gasteiger partial charge on any atom is 0.422 e. The summed E-state index contributed by atoms with van der Waals surface area (Å²) in [6.07, 6.45) is -3.78. The molecule has 5 nitrogen and oxygen atoms in total. The molecule has 0 aliphatic rings. The summed E-state index contributed by atoms with van der Waals surface area (Å²) in [5.74, 6) is 0.249. The average Bonchev–Trinajstić information content (AvgIpc) is 2.57. The van der Waals surface area contributed by atoms with Crippen molar-refractivity contribution in [1.82, 2.24) is 5.32 Å². The van der Waals surface area contributed by atoms with Gasteiger partial charge in [-0.25, -0.2) is 0 Å². The molecule has 1 atom stereocenters. The molecule has 0 aromatic heterocycles. The van der Waals surface area contributed by atoms with Crippen LogP contribution in [-0.4, -0.2) is 37.9 Å². The molecule has 0 bridgehead atoms. The second kappa shape index (κ2) is 10.6. The van der Waals surface area contributed by atoms with Crippen LogP contribution < -0.4 is 20.5 Å². The maximum atomic E-state index is 12.3. The lowest BCUT2D eigenvalue weighted by Crippen LogP contribution is -2.55. The molecule has 0 radical (unpaired) electrons. The van der Waals surface area contributed by atoms with Crippen molar-refractivity contribution in [3.05, 3.63) is 23.8 Å². The fourth-order valence-electron chi connectivity index (χ4n) is 2.22. The zero-order valence-corrected chi connectivity index (χ0v) is 16.8. The van der Waals surface area contributed by atoms with Crippen molar-refractivity contribution in [2.45, 2.75) is 45.3 Å². The van der Waals surface area contributed by atoms with Crippen LogP contribution in [0.3, 0.4) is 0 Å². The lowest BCUT2D eigenvalue weighted by molar-refractivity contribution is -0.153. The highest BCUT2D eigenvalue weighted by atomic mass is 35.5. The fraction of sp³-hybridized carbons (Fsp3) is 0.611. The van der Waals surface area contributed by atoms with Crippen LogP contribution in [0.15, 0.2) is 18.2 Å².